The Labute approximate surface area is 372 Å². The molecular formula is C50H46ClN2O6Tl. The predicted molar refractivity (Wildman–Crippen MR) is 242 cm³/mol. The van der Waals surface area contributed by atoms with Crippen molar-refractivity contribution in [1.29, 1.82) is 0 Å². The first kappa shape index (κ1) is 43.9. The van der Waals surface area contributed by atoms with E-state index in [2.05, 4.69) is 68.6 Å². The SMILES string of the molecule is C=CC(=O)OCCCOc1ccc2cc(C(=O)Oc3ccc(OCc4ccc(-c5ccccc5)cc4)c(Cl)c3/C=N/N(C)C(=C)CCc3ccccc3CC)ccc2[c]1[Tl]. The van der Waals surface area contributed by atoms with Gasteiger partial charge in [-0.1, -0.05) is 92.4 Å². The number of benzene rings is 6. The predicted octanol–water partition coefficient (Wildman–Crippen LogP) is 10.2. The van der Waals surface area contributed by atoms with Gasteiger partial charge in [0.1, 0.15) is 6.61 Å². The molecule has 0 spiro atoms. The van der Waals surface area contributed by atoms with Crippen molar-refractivity contribution in [3.63, 3.8) is 0 Å². The molecule has 6 aromatic rings. The Morgan fingerprint density at radius 2 is 1.52 bits per heavy atom. The first-order valence-electron chi connectivity index (χ1n) is 19.7. The van der Waals surface area contributed by atoms with Gasteiger partial charge in [0, 0.05) is 12.7 Å². The summed E-state index contributed by atoms with van der Waals surface area (Å²) in [7, 11) is 1.83. The molecule has 6 aromatic carbocycles. The van der Waals surface area contributed by atoms with Gasteiger partial charge in [0.15, 0.2) is 0 Å². The van der Waals surface area contributed by atoms with Crippen molar-refractivity contribution in [2.45, 2.75) is 39.2 Å². The Balaban J connectivity index is 1.19. The Kier molecular flexibility index (Phi) is 15.7. The first-order valence-corrected chi connectivity index (χ1v) is 22.4. The van der Waals surface area contributed by atoms with Crippen molar-refractivity contribution in [1.82, 2.24) is 5.01 Å². The summed E-state index contributed by atoms with van der Waals surface area (Å²) in [6.07, 6.45) is 5.78. The van der Waals surface area contributed by atoms with Crippen LogP contribution in [0.15, 0.2) is 151 Å². The van der Waals surface area contributed by atoms with Gasteiger partial charge >= 0.3 is 216 Å². The summed E-state index contributed by atoms with van der Waals surface area (Å²) < 4.78 is 24.4. The minimum absolute atomic E-state index is 0.233. The van der Waals surface area contributed by atoms with Crippen LogP contribution >= 0.6 is 11.6 Å². The van der Waals surface area contributed by atoms with Crippen molar-refractivity contribution >= 4 is 69.4 Å². The van der Waals surface area contributed by atoms with Crippen LogP contribution in [-0.2, 0) is 29.0 Å². The molecule has 60 heavy (non-hydrogen) atoms. The molecule has 0 amide bonds. The summed E-state index contributed by atoms with van der Waals surface area (Å²) in [4.78, 5) is 25.1. The number of halogens is 1. The number of rotatable bonds is 19. The van der Waals surface area contributed by atoms with Gasteiger partial charge in [0.25, 0.3) is 0 Å². The normalized spacial score (nSPS) is 11.0. The van der Waals surface area contributed by atoms with Gasteiger partial charge in [-0.2, -0.15) is 0 Å². The van der Waals surface area contributed by atoms with Crippen LogP contribution in [0.4, 0.5) is 0 Å². The van der Waals surface area contributed by atoms with Crippen LogP contribution < -0.4 is 17.3 Å². The molecule has 0 aliphatic heterocycles. The third-order valence-electron chi connectivity index (χ3n) is 9.98. The van der Waals surface area contributed by atoms with Crippen molar-refractivity contribution in [2.24, 2.45) is 5.10 Å². The zero-order valence-corrected chi connectivity index (χ0v) is 39.1. The number of allylic oxidation sites excluding steroid dienone is 1. The molecule has 0 radical (unpaired) electrons. The minimum atomic E-state index is -0.547. The van der Waals surface area contributed by atoms with Crippen molar-refractivity contribution in [3.05, 3.63) is 179 Å². The summed E-state index contributed by atoms with van der Waals surface area (Å²) >= 11 is 7.52. The van der Waals surface area contributed by atoms with Crippen LogP contribution in [0.2, 0.25) is 5.02 Å². The molecule has 0 atom stereocenters. The number of carbonyl (C=O) groups excluding carboxylic acids is 2. The summed E-state index contributed by atoms with van der Waals surface area (Å²) in [6.45, 7) is 10.8. The number of esters is 2. The van der Waals surface area contributed by atoms with E-state index in [0.29, 0.717) is 62.1 Å². The number of carbonyl (C=O) groups is 2. The Hall–Kier alpha value is -5.72. The van der Waals surface area contributed by atoms with Gasteiger partial charge < -0.3 is 0 Å². The van der Waals surface area contributed by atoms with E-state index >= 15 is 0 Å². The van der Waals surface area contributed by atoms with E-state index in [1.165, 1.54) is 11.1 Å². The van der Waals surface area contributed by atoms with Crippen LogP contribution in [-0.4, -0.2) is 69.2 Å². The van der Waals surface area contributed by atoms with Crippen LogP contribution in [0.1, 0.15) is 52.4 Å². The molecule has 0 N–H and O–H groups in total. The van der Waals surface area contributed by atoms with E-state index in [0.717, 1.165) is 60.9 Å². The zero-order chi connectivity index (χ0) is 42.4. The number of nitrogens with zero attached hydrogens (tertiary/aromatic N) is 2. The molecule has 0 aliphatic carbocycles. The standard InChI is InChI=1S/C50H46ClN2O6.Tl/c1-5-37-13-10-11-16-39(37)20-17-35(3)53(4)52-33-45-46(27-28-47(49(45)51)58-34-36-18-21-40(22-19-36)38-14-8-7-9-15-38)59-50(55)43-24-23-42-32-44(26-25-41(42)31-43)56-29-12-30-57-48(54)6-2;/h6-11,13-16,18-19,21-28,31,33H,2-3,5,12,17,20,29-30,34H2,1,4H3;/b52-33+;. The first-order chi connectivity index (χ1) is 29.1. The molecule has 10 heteroatoms. The molecule has 0 saturated heterocycles. The monoisotopic (exact) mass is 1010 g/mol. The Morgan fingerprint density at radius 1 is 0.817 bits per heavy atom. The molecule has 0 fully saturated rings. The third-order valence-corrected chi connectivity index (χ3v) is 12.7. The van der Waals surface area contributed by atoms with E-state index in [-0.39, 0.29) is 24.0 Å². The van der Waals surface area contributed by atoms with Gasteiger partial charge in [-0.25, -0.2) is 0 Å². The maximum absolute atomic E-state index is 13.8. The number of hydrogen-bond acceptors (Lipinski definition) is 8. The molecule has 0 heterocycles. The summed E-state index contributed by atoms with van der Waals surface area (Å²) in [5.41, 5.74) is 7.41. The Bertz CT molecular complexity index is 2500. The van der Waals surface area contributed by atoms with Crippen LogP contribution in [0.25, 0.3) is 21.9 Å². The number of hydrazone groups is 1. The van der Waals surface area contributed by atoms with Crippen molar-refractivity contribution in [3.8, 4) is 28.4 Å². The van der Waals surface area contributed by atoms with Crippen LogP contribution in [0.3, 0.4) is 0 Å². The molecule has 0 unspecified atom stereocenters. The zero-order valence-electron chi connectivity index (χ0n) is 33.9. The van der Waals surface area contributed by atoms with E-state index in [4.69, 9.17) is 35.6 Å². The molecule has 0 bridgehead atoms. The quantitative estimate of drug-likeness (QED) is 0.0152. The second-order valence-corrected chi connectivity index (χ2v) is 16.6. The van der Waals surface area contributed by atoms with Gasteiger partial charge in [0.05, 0.1) is 0 Å². The molecule has 0 aliphatic rings. The molecule has 0 aromatic heterocycles. The van der Waals surface area contributed by atoms with Crippen molar-refractivity contribution < 1.29 is 28.5 Å². The van der Waals surface area contributed by atoms with Gasteiger partial charge in [-0.3, -0.25) is 0 Å². The third kappa shape index (κ3) is 11.5. The molecular weight excluding hydrogens is 964 g/mol. The average molecular weight is 1010 g/mol. The van der Waals surface area contributed by atoms with Crippen molar-refractivity contribution in [2.75, 3.05) is 20.3 Å². The maximum atomic E-state index is 13.8. The number of hydrogen-bond donors (Lipinski definition) is 0. The second kappa shape index (κ2) is 21.5. The second-order valence-electron chi connectivity index (χ2n) is 14.0. The molecule has 0 saturated carbocycles. The number of ether oxygens (including phenoxy) is 4. The van der Waals surface area contributed by atoms with Gasteiger partial charge in [-0.05, 0) is 47.1 Å². The fourth-order valence-corrected chi connectivity index (χ4v) is 8.47. The molecule has 8 nitrogen and oxygen atoms in total. The van der Waals surface area contributed by atoms with Crippen LogP contribution in [0, 0.1) is 0 Å². The summed E-state index contributed by atoms with van der Waals surface area (Å²) in [6, 6.07) is 39.5. The van der Waals surface area contributed by atoms with E-state index < -0.39 is 11.9 Å². The number of fused-ring (bicyclic) bond motifs is 1. The topological polar surface area (TPSA) is 86.7 Å². The number of aryl methyl sites for hydroxylation is 2. The molecule has 302 valence electrons. The average Bonchev–Trinajstić information content (AvgIpc) is 3.28. The Morgan fingerprint density at radius 3 is 2.27 bits per heavy atom. The van der Waals surface area contributed by atoms with E-state index in [1.54, 1.807) is 29.4 Å². The molecule has 6 rings (SSSR count). The summed E-state index contributed by atoms with van der Waals surface area (Å²) in [5, 5.41) is 8.55. The fraction of sp³-hybridized carbons (Fsp3) is 0.180. The van der Waals surface area contributed by atoms with E-state index in [1.807, 2.05) is 61.6 Å². The summed E-state index contributed by atoms with van der Waals surface area (Å²) in [5.74, 6) is 0.432. The van der Waals surface area contributed by atoms with Gasteiger partial charge in [0.2, 0.25) is 0 Å². The van der Waals surface area contributed by atoms with Crippen LogP contribution in [0.5, 0.6) is 17.2 Å². The van der Waals surface area contributed by atoms with E-state index in [9.17, 15) is 9.59 Å². The fourth-order valence-electron chi connectivity index (χ4n) is 6.49. The van der Waals surface area contributed by atoms with Gasteiger partial charge in [-0.15, -0.1) is 0 Å².